The number of aliphatic hydroxyl groups is 1. The monoisotopic (exact) mass is 332 g/mol. The van der Waals surface area contributed by atoms with Gasteiger partial charge in [-0.1, -0.05) is 24.3 Å². The van der Waals surface area contributed by atoms with Crippen LogP contribution in [0.3, 0.4) is 0 Å². The summed E-state index contributed by atoms with van der Waals surface area (Å²) in [5.41, 5.74) is 9.13. The topological polar surface area (TPSA) is 75.3 Å². The van der Waals surface area contributed by atoms with Crippen LogP contribution in [0.2, 0.25) is 0 Å². The Morgan fingerprint density at radius 1 is 1.09 bits per heavy atom. The fraction of sp³-hybridized carbons (Fsp3) is 0.278. The summed E-state index contributed by atoms with van der Waals surface area (Å²) in [5, 5.41) is 11.8. The second-order valence-corrected chi connectivity index (χ2v) is 5.73. The fourth-order valence-corrected chi connectivity index (χ4v) is 2.32. The van der Waals surface area contributed by atoms with E-state index in [2.05, 4.69) is 5.32 Å². The van der Waals surface area contributed by atoms with Crippen molar-refractivity contribution in [2.45, 2.75) is 24.8 Å². The summed E-state index contributed by atoms with van der Waals surface area (Å²) < 4.78 is 0. The Labute approximate surface area is 141 Å². The van der Waals surface area contributed by atoms with Crippen molar-refractivity contribution in [1.82, 2.24) is 0 Å². The second kappa shape index (κ2) is 8.67. The first kappa shape index (κ1) is 17.5. The predicted molar refractivity (Wildman–Crippen MR) is 93.8 cm³/mol. The van der Waals surface area contributed by atoms with Gasteiger partial charge in [0, 0.05) is 23.2 Å². The van der Waals surface area contributed by atoms with E-state index < -0.39 is 0 Å². The van der Waals surface area contributed by atoms with Crippen LogP contribution in [0.25, 0.3) is 0 Å². The highest BCUT2D eigenvalue weighted by molar-refractivity contribution is 6.17. The van der Waals surface area contributed by atoms with Gasteiger partial charge in [-0.25, -0.2) is 0 Å². The largest absolute Gasteiger partial charge is 0.395 e. The highest BCUT2D eigenvalue weighted by Gasteiger charge is 2.06. The minimum Gasteiger partial charge on any atom is -0.395 e. The zero-order chi connectivity index (χ0) is 16.7. The lowest BCUT2D eigenvalue weighted by atomic mass is 10.1. The molecule has 1 amide bonds. The molecule has 0 aliphatic rings. The lowest BCUT2D eigenvalue weighted by Crippen LogP contribution is -2.24. The molecule has 23 heavy (non-hydrogen) atoms. The van der Waals surface area contributed by atoms with E-state index in [1.54, 1.807) is 12.1 Å². The Morgan fingerprint density at radius 2 is 1.70 bits per heavy atom. The van der Waals surface area contributed by atoms with Crippen LogP contribution in [0, 0.1) is 0 Å². The van der Waals surface area contributed by atoms with Gasteiger partial charge in [0.2, 0.25) is 0 Å². The number of nitrogens with one attached hydrogen (secondary N) is 1. The number of carbonyl (C=O) groups excluding carboxylic acids is 1. The van der Waals surface area contributed by atoms with Crippen molar-refractivity contribution in [3.05, 3.63) is 65.2 Å². The van der Waals surface area contributed by atoms with Crippen molar-refractivity contribution in [2.75, 3.05) is 11.9 Å². The molecule has 0 aromatic heterocycles. The maximum absolute atomic E-state index is 12.2. The summed E-state index contributed by atoms with van der Waals surface area (Å²) in [7, 11) is 0. The summed E-state index contributed by atoms with van der Waals surface area (Å²) in [5.74, 6) is 0.282. The van der Waals surface area contributed by atoms with E-state index in [4.69, 9.17) is 22.4 Å². The lowest BCUT2D eigenvalue weighted by Gasteiger charge is -2.09. The number of aliphatic hydroxyl groups excluding tert-OH is 1. The number of halogens is 1. The van der Waals surface area contributed by atoms with Crippen molar-refractivity contribution >= 4 is 23.2 Å². The highest BCUT2D eigenvalue weighted by atomic mass is 35.5. The van der Waals surface area contributed by atoms with Crippen LogP contribution in [0.4, 0.5) is 5.69 Å². The van der Waals surface area contributed by atoms with Crippen LogP contribution in [0.5, 0.6) is 0 Å². The van der Waals surface area contributed by atoms with Gasteiger partial charge in [-0.2, -0.15) is 0 Å². The molecule has 1 atom stereocenters. The third kappa shape index (κ3) is 5.36. The van der Waals surface area contributed by atoms with Gasteiger partial charge in [0.05, 0.1) is 6.61 Å². The standard InChI is InChI=1S/C18H21ClN2O2/c19-11-14-1-6-15(7-2-14)18(23)21-17-9-4-13(5-10-17)3-8-16(20)12-22/h1-2,4-7,9-10,16,22H,3,8,11-12,20H2,(H,21,23). The Kier molecular flexibility index (Phi) is 6.59. The second-order valence-electron chi connectivity index (χ2n) is 5.46. The average molecular weight is 333 g/mol. The molecule has 0 saturated heterocycles. The molecule has 2 aromatic rings. The maximum Gasteiger partial charge on any atom is 0.255 e. The molecule has 0 aliphatic heterocycles. The molecule has 0 heterocycles. The molecule has 4 nitrogen and oxygen atoms in total. The average Bonchev–Trinajstić information content (AvgIpc) is 2.60. The van der Waals surface area contributed by atoms with Gasteiger partial charge >= 0.3 is 0 Å². The Hall–Kier alpha value is -1.88. The Bertz CT molecular complexity index is 626. The molecule has 4 N–H and O–H groups in total. The van der Waals surface area contributed by atoms with Crippen LogP contribution >= 0.6 is 11.6 Å². The normalized spacial score (nSPS) is 12.0. The molecular weight excluding hydrogens is 312 g/mol. The zero-order valence-corrected chi connectivity index (χ0v) is 13.6. The van der Waals surface area contributed by atoms with E-state index >= 15 is 0 Å². The van der Waals surface area contributed by atoms with E-state index in [1.807, 2.05) is 36.4 Å². The van der Waals surface area contributed by atoms with Crippen molar-refractivity contribution in [3.8, 4) is 0 Å². The molecule has 5 heteroatoms. The van der Waals surface area contributed by atoms with Crippen LogP contribution in [-0.2, 0) is 12.3 Å². The molecule has 0 radical (unpaired) electrons. The molecule has 0 aliphatic carbocycles. The first-order chi connectivity index (χ1) is 11.1. The van der Waals surface area contributed by atoms with E-state index in [0.717, 1.165) is 29.7 Å². The fourth-order valence-electron chi connectivity index (χ4n) is 2.15. The number of anilines is 1. The van der Waals surface area contributed by atoms with E-state index in [-0.39, 0.29) is 18.6 Å². The molecule has 0 spiro atoms. The molecule has 2 aromatic carbocycles. The molecule has 1 unspecified atom stereocenters. The molecular formula is C18H21ClN2O2. The number of hydrogen-bond donors (Lipinski definition) is 3. The van der Waals surface area contributed by atoms with Crippen molar-refractivity contribution < 1.29 is 9.90 Å². The summed E-state index contributed by atoms with van der Waals surface area (Å²) in [6, 6.07) is 14.7. The highest BCUT2D eigenvalue weighted by Crippen LogP contribution is 2.14. The van der Waals surface area contributed by atoms with Gasteiger partial charge in [-0.15, -0.1) is 11.6 Å². The molecule has 122 valence electrons. The van der Waals surface area contributed by atoms with Gasteiger partial charge in [0.1, 0.15) is 0 Å². The SMILES string of the molecule is NC(CO)CCc1ccc(NC(=O)c2ccc(CCl)cc2)cc1. The Balaban J connectivity index is 1.93. The third-order valence-corrected chi connectivity index (χ3v) is 3.93. The van der Waals surface area contributed by atoms with Crippen molar-refractivity contribution in [1.29, 1.82) is 0 Å². The number of nitrogens with two attached hydrogens (primary N) is 1. The number of alkyl halides is 1. The van der Waals surface area contributed by atoms with Gasteiger partial charge in [0.15, 0.2) is 0 Å². The number of rotatable bonds is 7. The minimum atomic E-state index is -0.190. The van der Waals surface area contributed by atoms with E-state index in [1.165, 1.54) is 0 Å². The van der Waals surface area contributed by atoms with Gasteiger partial charge in [-0.3, -0.25) is 4.79 Å². The number of aryl methyl sites for hydroxylation is 1. The van der Waals surface area contributed by atoms with Crippen LogP contribution in [-0.4, -0.2) is 23.7 Å². The minimum absolute atomic E-state index is 0.00332. The summed E-state index contributed by atoms with van der Waals surface area (Å²) >= 11 is 5.74. The number of amides is 1. The first-order valence-corrected chi connectivity index (χ1v) is 8.07. The summed E-state index contributed by atoms with van der Waals surface area (Å²) in [6.45, 7) is -0.00332. The van der Waals surface area contributed by atoms with Gasteiger partial charge in [0.25, 0.3) is 5.91 Å². The van der Waals surface area contributed by atoms with E-state index in [9.17, 15) is 4.79 Å². The smallest absolute Gasteiger partial charge is 0.255 e. The molecule has 0 saturated carbocycles. The van der Waals surface area contributed by atoms with Crippen LogP contribution < -0.4 is 11.1 Å². The first-order valence-electron chi connectivity index (χ1n) is 7.54. The molecule has 0 fully saturated rings. The van der Waals surface area contributed by atoms with Crippen molar-refractivity contribution in [3.63, 3.8) is 0 Å². The molecule has 0 bridgehead atoms. The predicted octanol–water partition coefficient (Wildman–Crippen LogP) is 2.93. The Morgan fingerprint density at radius 3 is 2.26 bits per heavy atom. The maximum atomic E-state index is 12.2. The van der Waals surface area contributed by atoms with Crippen LogP contribution in [0.15, 0.2) is 48.5 Å². The van der Waals surface area contributed by atoms with Crippen LogP contribution in [0.1, 0.15) is 27.9 Å². The number of benzene rings is 2. The summed E-state index contributed by atoms with van der Waals surface area (Å²) in [6.07, 6.45) is 1.53. The lowest BCUT2D eigenvalue weighted by molar-refractivity contribution is 0.102. The third-order valence-electron chi connectivity index (χ3n) is 3.62. The zero-order valence-electron chi connectivity index (χ0n) is 12.8. The number of carbonyl (C=O) groups is 1. The summed E-state index contributed by atoms with van der Waals surface area (Å²) in [4.78, 5) is 12.2. The quantitative estimate of drug-likeness (QED) is 0.682. The van der Waals surface area contributed by atoms with Gasteiger partial charge in [-0.05, 0) is 48.2 Å². The van der Waals surface area contributed by atoms with Crippen molar-refractivity contribution in [2.24, 2.45) is 5.73 Å². The van der Waals surface area contributed by atoms with E-state index in [0.29, 0.717) is 11.4 Å². The van der Waals surface area contributed by atoms with Gasteiger partial charge < -0.3 is 16.2 Å². The number of hydrogen-bond acceptors (Lipinski definition) is 3. The molecule has 2 rings (SSSR count).